The Morgan fingerprint density at radius 3 is 2.38 bits per heavy atom. The van der Waals surface area contributed by atoms with Crippen LogP contribution >= 0.6 is 0 Å². The minimum Gasteiger partial charge on any atom is -0.103 e. The van der Waals surface area contributed by atoms with Gasteiger partial charge in [-0.25, -0.2) is 0 Å². The maximum atomic E-state index is 3.86. The minimum absolute atomic E-state index is 0.715. The summed E-state index contributed by atoms with van der Waals surface area (Å²) in [4.78, 5) is 0. The highest BCUT2D eigenvalue weighted by Gasteiger charge is 2.02. The Morgan fingerprint density at radius 1 is 1.31 bits per heavy atom. The predicted molar refractivity (Wildman–Crippen MR) is 61.9 cm³/mol. The first kappa shape index (κ1) is 12.5. The minimum atomic E-state index is 0.715. The van der Waals surface area contributed by atoms with Crippen LogP contribution in [0.4, 0.5) is 0 Å². The van der Waals surface area contributed by atoms with Gasteiger partial charge in [0.2, 0.25) is 0 Å². The molecule has 0 saturated carbocycles. The van der Waals surface area contributed by atoms with Gasteiger partial charge in [0.1, 0.15) is 0 Å². The fourth-order valence-electron chi connectivity index (χ4n) is 1.59. The average molecular weight is 180 g/mol. The van der Waals surface area contributed by atoms with Crippen molar-refractivity contribution < 1.29 is 0 Å². The van der Waals surface area contributed by atoms with Crippen LogP contribution in [0.5, 0.6) is 0 Å². The van der Waals surface area contributed by atoms with E-state index in [0.717, 1.165) is 0 Å². The molecule has 0 spiro atoms. The summed E-state index contributed by atoms with van der Waals surface area (Å²) in [6.07, 6.45) is 10.7. The van der Waals surface area contributed by atoms with E-state index in [1.54, 1.807) is 5.57 Å². The van der Waals surface area contributed by atoms with Crippen LogP contribution in [0.15, 0.2) is 24.3 Å². The Morgan fingerprint density at radius 2 is 2.00 bits per heavy atom. The lowest BCUT2D eigenvalue weighted by atomic mass is 9.95. The zero-order chi connectivity index (χ0) is 10.1. The van der Waals surface area contributed by atoms with Crippen LogP contribution in [0.2, 0.25) is 0 Å². The van der Waals surface area contributed by atoms with Crippen LogP contribution in [-0.2, 0) is 0 Å². The van der Waals surface area contributed by atoms with E-state index >= 15 is 0 Å². The van der Waals surface area contributed by atoms with Crippen molar-refractivity contribution in [2.24, 2.45) is 5.92 Å². The third-order valence-electron chi connectivity index (χ3n) is 2.67. The standard InChI is InChI=1S/C13H24/c1-5-9-13(8-4)11-10-12(6-2)7-3/h6,8,12H,2,5,7,9-11H2,1,3-4H3. The van der Waals surface area contributed by atoms with Crippen molar-refractivity contribution in [2.75, 3.05) is 0 Å². The number of allylic oxidation sites excluding steroid dienone is 3. The summed E-state index contributed by atoms with van der Waals surface area (Å²) in [5.41, 5.74) is 1.61. The van der Waals surface area contributed by atoms with Crippen LogP contribution in [-0.4, -0.2) is 0 Å². The molecule has 0 saturated heterocycles. The Bertz CT molecular complexity index is 153. The summed E-state index contributed by atoms with van der Waals surface area (Å²) in [7, 11) is 0. The van der Waals surface area contributed by atoms with Gasteiger partial charge in [0.05, 0.1) is 0 Å². The molecule has 0 aliphatic carbocycles. The maximum Gasteiger partial charge on any atom is -0.0236 e. The molecule has 0 amide bonds. The molecule has 0 bridgehead atoms. The topological polar surface area (TPSA) is 0 Å². The van der Waals surface area contributed by atoms with Gasteiger partial charge in [0, 0.05) is 0 Å². The van der Waals surface area contributed by atoms with Crippen molar-refractivity contribution in [2.45, 2.75) is 52.9 Å². The molecule has 0 aromatic carbocycles. The Kier molecular flexibility index (Phi) is 7.77. The fourth-order valence-corrected chi connectivity index (χ4v) is 1.59. The highest BCUT2D eigenvalue weighted by Crippen LogP contribution is 2.18. The van der Waals surface area contributed by atoms with Crippen LogP contribution in [0, 0.1) is 5.92 Å². The summed E-state index contributed by atoms with van der Waals surface area (Å²) in [6.45, 7) is 10.5. The van der Waals surface area contributed by atoms with Crippen LogP contribution in [0.25, 0.3) is 0 Å². The summed E-state index contributed by atoms with van der Waals surface area (Å²) in [6, 6.07) is 0. The molecule has 0 rings (SSSR count). The molecular formula is C13H24. The van der Waals surface area contributed by atoms with Crippen molar-refractivity contribution >= 4 is 0 Å². The van der Waals surface area contributed by atoms with Gasteiger partial charge in [-0.2, -0.15) is 0 Å². The van der Waals surface area contributed by atoms with Crippen molar-refractivity contribution in [1.29, 1.82) is 0 Å². The van der Waals surface area contributed by atoms with E-state index in [0.29, 0.717) is 5.92 Å². The summed E-state index contributed by atoms with van der Waals surface area (Å²) < 4.78 is 0. The van der Waals surface area contributed by atoms with Gasteiger partial charge in [-0.15, -0.1) is 6.58 Å². The number of hydrogen-bond acceptors (Lipinski definition) is 0. The van der Waals surface area contributed by atoms with E-state index in [2.05, 4.69) is 39.5 Å². The van der Waals surface area contributed by atoms with E-state index in [1.807, 2.05) is 0 Å². The van der Waals surface area contributed by atoms with Gasteiger partial charge in [-0.1, -0.05) is 38.0 Å². The highest BCUT2D eigenvalue weighted by atomic mass is 14.1. The lowest BCUT2D eigenvalue weighted by molar-refractivity contribution is 0.564. The normalized spacial score (nSPS) is 14.2. The molecule has 0 aromatic rings. The zero-order valence-corrected chi connectivity index (χ0v) is 9.47. The van der Waals surface area contributed by atoms with E-state index in [1.165, 1.54) is 32.1 Å². The van der Waals surface area contributed by atoms with Gasteiger partial charge in [0.25, 0.3) is 0 Å². The van der Waals surface area contributed by atoms with Crippen LogP contribution in [0.1, 0.15) is 52.9 Å². The highest BCUT2D eigenvalue weighted by molar-refractivity contribution is 5.00. The lowest BCUT2D eigenvalue weighted by Crippen LogP contribution is -1.95. The molecule has 0 aliphatic heterocycles. The first-order valence-electron chi connectivity index (χ1n) is 5.55. The molecule has 0 fully saturated rings. The molecule has 0 heteroatoms. The molecule has 76 valence electrons. The summed E-state index contributed by atoms with van der Waals surface area (Å²) in [5, 5.41) is 0. The van der Waals surface area contributed by atoms with Crippen molar-refractivity contribution in [3.05, 3.63) is 24.3 Å². The molecular weight excluding hydrogens is 156 g/mol. The number of rotatable bonds is 7. The summed E-state index contributed by atoms with van der Waals surface area (Å²) in [5.74, 6) is 0.715. The van der Waals surface area contributed by atoms with E-state index in [-0.39, 0.29) is 0 Å². The van der Waals surface area contributed by atoms with E-state index in [4.69, 9.17) is 0 Å². The first-order valence-corrected chi connectivity index (χ1v) is 5.55. The largest absolute Gasteiger partial charge is 0.103 e. The molecule has 1 unspecified atom stereocenters. The number of hydrogen-bond donors (Lipinski definition) is 0. The Labute approximate surface area is 83.7 Å². The Balaban J connectivity index is 3.77. The second-order valence-corrected chi connectivity index (χ2v) is 3.64. The molecule has 0 nitrogen and oxygen atoms in total. The van der Waals surface area contributed by atoms with Crippen molar-refractivity contribution in [3.63, 3.8) is 0 Å². The van der Waals surface area contributed by atoms with Gasteiger partial charge in [-0.3, -0.25) is 0 Å². The van der Waals surface area contributed by atoms with E-state index in [9.17, 15) is 0 Å². The third-order valence-corrected chi connectivity index (χ3v) is 2.67. The second kappa shape index (κ2) is 8.10. The molecule has 0 aromatic heterocycles. The van der Waals surface area contributed by atoms with Crippen LogP contribution in [0.3, 0.4) is 0 Å². The Hall–Kier alpha value is -0.520. The quantitative estimate of drug-likeness (QED) is 0.497. The third kappa shape index (κ3) is 5.68. The molecule has 0 heterocycles. The van der Waals surface area contributed by atoms with Gasteiger partial charge >= 0.3 is 0 Å². The maximum absolute atomic E-state index is 3.86. The molecule has 1 atom stereocenters. The van der Waals surface area contributed by atoms with Gasteiger partial charge in [-0.05, 0) is 38.5 Å². The van der Waals surface area contributed by atoms with Gasteiger partial charge < -0.3 is 0 Å². The molecule has 0 aliphatic rings. The van der Waals surface area contributed by atoms with Crippen LogP contribution < -0.4 is 0 Å². The van der Waals surface area contributed by atoms with Crippen molar-refractivity contribution in [3.8, 4) is 0 Å². The zero-order valence-electron chi connectivity index (χ0n) is 9.47. The molecule has 0 N–H and O–H groups in total. The SMILES string of the molecule is C=CC(CC)CCC(=CC)CCC. The lowest BCUT2D eigenvalue weighted by Gasteiger charge is -2.10. The van der Waals surface area contributed by atoms with Gasteiger partial charge in [0.15, 0.2) is 0 Å². The second-order valence-electron chi connectivity index (χ2n) is 3.64. The fraction of sp³-hybridized carbons (Fsp3) is 0.692. The predicted octanol–water partition coefficient (Wildman–Crippen LogP) is 4.73. The monoisotopic (exact) mass is 180 g/mol. The van der Waals surface area contributed by atoms with Crippen molar-refractivity contribution in [1.82, 2.24) is 0 Å². The first-order chi connectivity index (χ1) is 6.28. The molecule has 13 heavy (non-hydrogen) atoms. The van der Waals surface area contributed by atoms with E-state index < -0.39 is 0 Å². The average Bonchev–Trinajstić information content (AvgIpc) is 2.17. The smallest absolute Gasteiger partial charge is 0.0236 e. The molecule has 0 radical (unpaired) electrons. The summed E-state index contributed by atoms with van der Waals surface area (Å²) >= 11 is 0.